The van der Waals surface area contributed by atoms with E-state index in [1.807, 2.05) is 0 Å². The molecule has 4 aliphatic rings. The van der Waals surface area contributed by atoms with E-state index in [-0.39, 0.29) is 41.8 Å². The van der Waals surface area contributed by atoms with Gasteiger partial charge in [0.25, 0.3) is 11.8 Å². The molecule has 1 N–H and O–H groups in total. The Hall–Kier alpha value is -1.43. The van der Waals surface area contributed by atoms with Gasteiger partial charge in [0, 0.05) is 6.42 Å². The zero-order valence-electron chi connectivity index (χ0n) is 13.3. The van der Waals surface area contributed by atoms with E-state index in [0.29, 0.717) is 12.3 Å². The highest BCUT2D eigenvalue weighted by Crippen LogP contribution is 2.48. The van der Waals surface area contributed by atoms with Crippen molar-refractivity contribution in [3.8, 4) is 0 Å². The van der Waals surface area contributed by atoms with Crippen molar-refractivity contribution in [1.82, 2.24) is 10.4 Å². The van der Waals surface area contributed by atoms with E-state index in [2.05, 4.69) is 5.43 Å². The van der Waals surface area contributed by atoms with Crippen LogP contribution in [0.1, 0.15) is 57.8 Å². The highest BCUT2D eigenvalue weighted by atomic mass is 16.5. The maximum atomic E-state index is 12.4. The number of rotatable bonds is 4. The number of hydrazine groups is 1. The number of ether oxygens (including phenoxy) is 1. The third kappa shape index (κ3) is 2.57. The minimum Gasteiger partial charge on any atom is -0.373 e. The van der Waals surface area contributed by atoms with E-state index >= 15 is 0 Å². The van der Waals surface area contributed by atoms with Crippen LogP contribution in [0.2, 0.25) is 0 Å². The van der Waals surface area contributed by atoms with Crippen molar-refractivity contribution in [2.45, 2.75) is 70.0 Å². The number of carbonyl (C=O) groups is 3. The summed E-state index contributed by atoms with van der Waals surface area (Å²) in [6.07, 6.45) is 8.85. The van der Waals surface area contributed by atoms with Gasteiger partial charge in [0.15, 0.2) is 0 Å². The van der Waals surface area contributed by atoms with Crippen molar-refractivity contribution in [2.75, 3.05) is 0 Å². The molecule has 23 heavy (non-hydrogen) atoms. The van der Waals surface area contributed by atoms with Crippen LogP contribution in [0.25, 0.3) is 0 Å². The second-order valence-electron chi connectivity index (χ2n) is 7.43. The molecule has 4 rings (SSSR count). The maximum absolute atomic E-state index is 12.4. The molecule has 1 aliphatic carbocycles. The Morgan fingerprint density at radius 2 is 1.61 bits per heavy atom. The number of hydrogen-bond donors (Lipinski definition) is 1. The molecule has 6 heteroatoms. The van der Waals surface area contributed by atoms with Crippen LogP contribution in [-0.2, 0) is 19.1 Å². The molecule has 126 valence electrons. The zero-order chi connectivity index (χ0) is 16.0. The number of nitrogens with one attached hydrogen (secondary N) is 1. The van der Waals surface area contributed by atoms with Gasteiger partial charge >= 0.3 is 0 Å². The van der Waals surface area contributed by atoms with Gasteiger partial charge in [-0.3, -0.25) is 19.8 Å². The molecule has 2 bridgehead atoms. The lowest BCUT2D eigenvalue weighted by atomic mass is 9.81. The number of carbonyl (C=O) groups excluding carboxylic acids is 3. The lowest BCUT2D eigenvalue weighted by molar-refractivity contribution is -0.151. The molecule has 0 aromatic heterocycles. The van der Waals surface area contributed by atoms with Gasteiger partial charge in [0.2, 0.25) is 5.91 Å². The lowest BCUT2D eigenvalue weighted by Crippen LogP contribution is -2.47. The van der Waals surface area contributed by atoms with Crippen LogP contribution < -0.4 is 5.43 Å². The van der Waals surface area contributed by atoms with Gasteiger partial charge in [-0.25, -0.2) is 0 Å². The highest BCUT2D eigenvalue weighted by molar-refractivity contribution is 6.07. The summed E-state index contributed by atoms with van der Waals surface area (Å²) >= 11 is 0. The van der Waals surface area contributed by atoms with Gasteiger partial charge in [-0.1, -0.05) is 32.1 Å². The fourth-order valence-corrected chi connectivity index (χ4v) is 4.81. The van der Waals surface area contributed by atoms with Gasteiger partial charge in [0.05, 0.1) is 24.0 Å². The highest BCUT2D eigenvalue weighted by Gasteiger charge is 2.62. The molecule has 4 atom stereocenters. The van der Waals surface area contributed by atoms with Crippen LogP contribution in [-0.4, -0.2) is 34.9 Å². The molecule has 3 aliphatic heterocycles. The third-order valence-corrected chi connectivity index (χ3v) is 6.03. The average Bonchev–Trinajstić information content (AvgIpc) is 3.24. The quantitative estimate of drug-likeness (QED) is 0.797. The smallest absolute Gasteiger partial charge is 0.254 e. The van der Waals surface area contributed by atoms with Gasteiger partial charge in [0.1, 0.15) is 0 Å². The Morgan fingerprint density at radius 1 is 1.00 bits per heavy atom. The summed E-state index contributed by atoms with van der Waals surface area (Å²) in [7, 11) is 0. The number of hydrogen-bond acceptors (Lipinski definition) is 4. The van der Waals surface area contributed by atoms with Crippen molar-refractivity contribution in [2.24, 2.45) is 17.8 Å². The van der Waals surface area contributed by atoms with Crippen molar-refractivity contribution in [3.05, 3.63) is 0 Å². The summed E-state index contributed by atoms with van der Waals surface area (Å²) in [6, 6.07) is 0. The van der Waals surface area contributed by atoms with E-state index in [0.717, 1.165) is 24.3 Å². The van der Waals surface area contributed by atoms with E-state index in [1.165, 1.54) is 32.1 Å². The van der Waals surface area contributed by atoms with Crippen molar-refractivity contribution < 1.29 is 19.1 Å². The molecule has 3 amide bonds. The predicted octanol–water partition coefficient (Wildman–Crippen LogP) is 1.54. The monoisotopic (exact) mass is 320 g/mol. The molecule has 0 aromatic carbocycles. The van der Waals surface area contributed by atoms with Crippen molar-refractivity contribution in [1.29, 1.82) is 0 Å². The summed E-state index contributed by atoms with van der Waals surface area (Å²) < 4.78 is 5.68. The Kier molecular flexibility index (Phi) is 3.87. The van der Waals surface area contributed by atoms with Gasteiger partial charge in [-0.15, -0.1) is 0 Å². The molecule has 1 saturated carbocycles. The first kappa shape index (κ1) is 15.1. The van der Waals surface area contributed by atoms with Crippen LogP contribution >= 0.6 is 0 Å². The van der Waals surface area contributed by atoms with E-state index in [1.54, 1.807) is 0 Å². The van der Waals surface area contributed by atoms with Gasteiger partial charge in [-0.05, 0) is 25.2 Å². The molecular formula is C17H24N2O4. The molecule has 4 fully saturated rings. The second kappa shape index (κ2) is 5.89. The largest absolute Gasteiger partial charge is 0.373 e. The first-order valence-electron chi connectivity index (χ1n) is 8.98. The van der Waals surface area contributed by atoms with E-state index in [9.17, 15) is 14.4 Å². The average molecular weight is 320 g/mol. The molecule has 3 saturated heterocycles. The van der Waals surface area contributed by atoms with Gasteiger partial charge < -0.3 is 4.74 Å². The number of imide groups is 1. The van der Waals surface area contributed by atoms with Crippen LogP contribution in [0, 0.1) is 17.8 Å². The molecule has 3 heterocycles. The summed E-state index contributed by atoms with van der Waals surface area (Å²) in [4.78, 5) is 37.0. The Balaban J connectivity index is 1.33. The second-order valence-corrected chi connectivity index (χ2v) is 7.43. The molecule has 0 aromatic rings. The Morgan fingerprint density at radius 3 is 2.22 bits per heavy atom. The van der Waals surface area contributed by atoms with Gasteiger partial charge in [-0.2, -0.15) is 5.01 Å². The van der Waals surface area contributed by atoms with Crippen LogP contribution in [0.15, 0.2) is 0 Å². The molecule has 0 spiro atoms. The Bertz CT molecular complexity index is 501. The number of nitrogens with zero attached hydrogens (tertiary/aromatic N) is 1. The third-order valence-electron chi connectivity index (χ3n) is 6.03. The molecule has 0 radical (unpaired) electrons. The fraction of sp³-hybridized carbons (Fsp3) is 0.824. The topological polar surface area (TPSA) is 75.7 Å². The molecular weight excluding hydrogens is 296 g/mol. The number of fused-ring (bicyclic) bond motifs is 5. The standard InChI is InChI=1S/C17H24N2O4/c20-13(9-6-10-4-2-1-3-5-10)18-19-16(21)14-11-7-8-12(23-11)15(14)17(19)22/h10-12,14-15H,1-9H2,(H,18,20)/t11-,12+,14-,15-/m0/s1. The van der Waals surface area contributed by atoms with E-state index < -0.39 is 0 Å². The van der Waals surface area contributed by atoms with Crippen LogP contribution in [0.3, 0.4) is 0 Å². The Labute approximate surface area is 135 Å². The summed E-state index contributed by atoms with van der Waals surface area (Å²) in [6.45, 7) is 0. The SMILES string of the molecule is O=C(CCC1CCCCC1)NN1C(=O)[C@@H]2[C@@H](C1=O)[C@H]1CC[C@@H]2O1. The first-order valence-corrected chi connectivity index (χ1v) is 8.98. The fourth-order valence-electron chi connectivity index (χ4n) is 4.81. The van der Waals surface area contributed by atoms with Crippen molar-refractivity contribution >= 4 is 17.7 Å². The normalized spacial score (nSPS) is 36.6. The molecule has 6 nitrogen and oxygen atoms in total. The predicted molar refractivity (Wildman–Crippen MR) is 80.7 cm³/mol. The van der Waals surface area contributed by atoms with Crippen molar-refractivity contribution in [3.63, 3.8) is 0 Å². The molecule has 0 unspecified atom stereocenters. The van der Waals surface area contributed by atoms with E-state index in [4.69, 9.17) is 4.74 Å². The first-order chi connectivity index (χ1) is 11.1. The maximum Gasteiger partial charge on any atom is 0.254 e. The summed E-state index contributed by atoms with van der Waals surface area (Å²) in [5.74, 6) is -0.912. The minimum absolute atomic E-state index is 0.134. The summed E-state index contributed by atoms with van der Waals surface area (Å²) in [5.41, 5.74) is 2.56. The minimum atomic E-state index is -0.375. The van der Waals surface area contributed by atoms with Crippen LogP contribution in [0.4, 0.5) is 0 Å². The van der Waals surface area contributed by atoms with Crippen LogP contribution in [0.5, 0.6) is 0 Å². The lowest BCUT2D eigenvalue weighted by Gasteiger charge is -2.22. The number of amides is 3. The zero-order valence-corrected chi connectivity index (χ0v) is 13.3. The summed E-state index contributed by atoms with van der Waals surface area (Å²) in [5, 5.41) is 0.979.